The van der Waals surface area contributed by atoms with Crippen LogP contribution < -0.4 is 5.32 Å². The van der Waals surface area contributed by atoms with Crippen LogP contribution >= 0.6 is 0 Å². The molecule has 6 heteroatoms. The molecule has 0 saturated carbocycles. The van der Waals surface area contributed by atoms with Crippen molar-refractivity contribution in [3.8, 4) is 0 Å². The molecule has 2 heterocycles. The van der Waals surface area contributed by atoms with E-state index in [1.165, 1.54) is 0 Å². The molecule has 0 aliphatic carbocycles. The van der Waals surface area contributed by atoms with Crippen LogP contribution in [0.3, 0.4) is 0 Å². The summed E-state index contributed by atoms with van der Waals surface area (Å²) in [7, 11) is 4.04. The fourth-order valence-corrected chi connectivity index (χ4v) is 2.93. The Hall–Kier alpha value is -1.14. The zero-order valence-corrected chi connectivity index (χ0v) is 12.1. The Bertz CT molecular complexity index is 353. The lowest BCUT2D eigenvalue weighted by molar-refractivity contribution is -0.151. The van der Waals surface area contributed by atoms with Gasteiger partial charge >= 0.3 is 11.8 Å². The van der Waals surface area contributed by atoms with Crippen LogP contribution in [0.2, 0.25) is 0 Å². The number of nitrogens with zero attached hydrogens (tertiary/aromatic N) is 3. The molecule has 0 aromatic heterocycles. The number of amides is 2. The quantitative estimate of drug-likeness (QED) is 0.609. The number of hydrogen-bond donors (Lipinski definition) is 1. The summed E-state index contributed by atoms with van der Waals surface area (Å²) in [6.07, 6.45) is 0. The minimum Gasteiger partial charge on any atom is -0.333 e. The largest absolute Gasteiger partial charge is 0.333 e. The van der Waals surface area contributed by atoms with E-state index in [1.54, 1.807) is 9.80 Å². The normalized spacial score (nSPS) is 28.0. The number of carbonyl (C=O) groups excluding carboxylic acids is 2. The van der Waals surface area contributed by atoms with Gasteiger partial charge in [-0.15, -0.1) is 0 Å². The monoisotopic (exact) mass is 268 g/mol. The SMILES string of the molecule is CC1CN(C(=O)C(=O)N2CCNCC2)CC1N(C)C. The number of hydrogen-bond acceptors (Lipinski definition) is 4. The number of carbonyl (C=O) groups is 2. The van der Waals surface area contributed by atoms with Gasteiger partial charge in [-0.25, -0.2) is 0 Å². The molecule has 108 valence electrons. The molecule has 2 aliphatic rings. The van der Waals surface area contributed by atoms with Crippen molar-refractivity contribution < 1.29 is 9.59 Å². The van der Waals surface area contributed by atoms with Crippen molar-refractivity contribution in [1.82, 2.24) is 20.0 Å². The topological polar surface area (TPSA) is 55.9 Å². The van der Waals surface area contributed by atoms with E-state index < -0.39 is 0 Å². The van der Waals surface area contributed by atoms with Gasteiger partial charge in [-0.05, 0) is 20.0 Å². The molecule has 2 aliphatic heterocycles. The molecule has 6 nitrogen and oxygen atoms in total. The number of piperazine rings is 1. The van der Waals surface area contributed by atoms with Crippen LogP contribution in [0.15, 0.2) is 0 Å². The minimum absolute atomic E-state index is 0.335. The van der Waals surface area contributed by atoms with Gasteiger partial charge in [0, 0.05) is 45.3 Å². The molecule has 1 N–H and O–H groups in total. The Morgan fingerprint density at radius 1 is 1.05 bits per heavy atom. The molecule has 2 rings (SSSR count). The molecule has 0 bridgehead atoms. The third-order valence-corrected chi connectivity index (χ3v) is 4.11. The van der Waals surface area contributed by atoms with E-state index in [-0.39, 0.29) is 11.8 Å². The standard InChI is InChI=1S/C13H24N4O2/c1-10-8-17(9-11(10)15(2)3)13(19)12(18)16-6-4-14-5-7-16/h10-11,14H,4-9H2,1-3H3. The van der Waals surface area contributed by atoms with Gasteiger partial charge < -0.3 is 20.0 Å². The van der Waals surface area contributed by atoms with Crippen molar-refractivity contribution in [2.24, 2.45) is 5.92 Å². The molecule has 0 radical (unpaired) electrons. The molecule has 19 heavy (non-hydrogen) atoms. The van der Waals surface area contributed by atoms with E-state index in [2.05, 4.69) is 17.1 Å². The first kappa shape index (κ1) is 14.3. The highest BCUT2D eigenvalue weighted by atomic mass is 16.2. The van der Waals surface area contributed by atoms with Crippen LogP contribution in [0.25, 0.3) is 0 Å². The summed E-state index contributed by atoms with van der Waals surface area (Å²) in [5.41, 5.74) is 0. The minimum atomic E-state index is -0.340. The van der Waals surface area contributed by atoms with E-state index in [0.717, 1.165) is 13.1 Å². The molecule has 2 fully saturated rings. The summed E-state index contributed by atoms with van der Waals surface area (Å²) in [6.45, 7) is 6.28. The van der Waals surface area contributed by atoms with E-state index in [4.69, 9.17) is 0 Å². The molecule has 2 unspecified atom stereocenters. The van der Waals surface area contributed by atoms with Crippen LogP contribution in [0.5, 0.6) is 0 Å². The van der Waals surface area contributed by atoms with Crippen molar-refractivity contribution >= 4 is 11.8 Å². The van der Waals surface area contributed by atoms with Gasteiger partial charge in [0.05, 0.1) is 0 Å². The Labute approximate surface area is 114 Å². The van der Waals surface area contributed by atoms with Crippen molar-refractivity contribution in [2.75, 3.05) is 53.4 Å². The van der Waals surface area contributed by atoms with Gasteiger partial charge in [0.15, 0.2) is 0 Å². The van der Waals surface area contributed by atoms with Gasteiger partial charge in [-0.1, -0.05) is 6.92 Å². The van der Waals surface area contributed by atoms with Gasteiger partial charge in [0.1, 0.15) is 0 Å². The predicted octanol–water partition coefficient (Wildman–Crippen LogP) is -1.17. The van der Waals surface area contributed by atoms with Gasteiger partial charge in [-0.3, -0.25) is 9.59 Å². The van der Waals surface area contributed by atoms with Crippen LogP contribution in [0.1, 0.15) is 6.92 Å². The second-order valence-corrected chi connectivity index (χ2v) is 5.76. The van der Waals surface area contributed by atoms with E-state index >= 15 is 0 Å². The molecule has 2 atom stereocenters. The molecule has 2 amide bonds. The molecule has 0 aromatic carbocycles. The summed E-state index contributed by atoms with van der Waals surface area (Å²) in [5.74, 6) is -0.263. The average molecular weight is 268 g/mol. The van der Waals surface area contributed by atoms with Crippen LogP contribution in [-0.4, -0.2) is 85.9 Å². The van der Waals surface area contributed by atoms with Gasteiger partial charge in [0.2, 0.25) is 0 Å². The summed E-state index contributed by atoms with van der Waals surface area (Å²) in [6, 6.07) is 0.347. The maximum Gasteiger partial charge on any atom is 0.312 e. The number of likely N-dealkylation sites (tertiary alicyclic amines) is 1. The van der Waals surface area contributed by atoms with Crippen molar-refractivity contribution in [3.05, 3.63) is 0 Å². The predicted molar refractivity (Wildman–Crippen MR) is 72.7 cm³/mol. The number of nitrogens with one attached hydrogen (secondary N) is 1. The highest BCUT2D eigenvalue weighted by Crippen LogP contribution is 2.20. The van der Waals surface area contributed by atoms with E-state index in [1.807, 2.05) is 14.1 Å². The fraction of sp³-hybridized carbons (Fsp3) is 0.846. The maximum atomic E-state index is 12.3. The third-order valence-electron chi connectivity index (χ3n) is 4.11. The van der Waals surface area contributed by atoms with Crippen LogP contribution in [0.4, 0.5) is 0 Å². The van der Waals surface area contributed by atoms with Crippen LogP contribution in [-0.2, 0) is 9.59 Å². The highest BCUT2D eigenvalue weighted by Gasteiger charge is 2.37. The van der Waals surface area contributed by atoms with Gasteiger partial charge in [0.25, 0.3) is 0 Å². The molecular weight excluding hydrogens is 244 g/mol. The highest BCUT2D eigenvalue weighted by molar-refractivity contribution is 6.35. The second kappa shape index (κ2) is 5.88. The number of likely N-dealkylation sites (N-methyl/N-ethyl adjacent to an activating group) is 1. The Balaban J connectivity index is 1.94. The Morgan fingerprint density at radius 2 is 1.63 bits per heavy atom. The van der Waals surface area contributed by atoms with E-state index in [9.17, 15) is 9.59 Å². The average Bonchev–Trinajstić information content (AvgIpc) is 2.80. The first-order valence-electron chi connectivity index (χ1n) is 6.96. The van der Waals surface area contributed by atoms with Crippen molar-refractivity contribution in [3.63, 3.8) is 0 Å². The number of rotatable bonds is 1. The lowest BCUT2D eigenvalue weighted by Crippen LogP contribution is -2.52. The smallest absolute Gasteiger partial charge is 0.312 e. The van der Waals surface area contributed by atoms with E-state index in [0.29, 0.717) is 38.1 Å². The maximum absolute atomic E-state index is 12.3. The lowest BCUT2D eigenvalue weighted by atomic mass is 10.1. The Kier molecular flexibility index (Phi) is 4.42. The summed E-state index contributed by atoms with van der Waals surface area (Å²) in [5, 5.41) is 3.18. The van der Waals surface area contributed by atoms with Crippen LogP contribution in [0, 0.1) is 5.92 Å². The first-order valence-corrected chi connectivity index (χ1v) is 6.96. The second-order valence-electron chi connectivity index (χ2n) is 5.76. The molecule has 0 aromatic rings. The fourth-order valence-electron chi connectivity index (χ4n) is 2.93. The summed E-state index contributed by atoms with van der Waals surface area (Å²) >= 11 is 0. The molecular formula is C13H24N4O2. The van der Waals surface area contributed by atoms with Crippen molar-refractivity contribution in [2.45, 2.75) is 13.0 Å². The van der Waals surface area contributed by atoms with Gasteiger partial charge in [-0.2, -0.15) is 0 Å². The third kappa shape index (κ3) is 3.06. The molecule has 0 spiro atoms. The lowest BCUT2D eigenvalue weighted by Gasteiger charge is -2.28. The molecule has 2 saturated heterocycles. The summed E-state index contributed by atoms with van der Waals surface area (Å²) in [4.78, 5) is 29.9. The zero-order valence-electron chi connectivity index (χ0n) is 12.1. The Morgan fingerprint density at radius 3 is 2.16 bits per heavy atom. The summed E-state index contributed by atoms with van der Waals surface area (Å²) < 4.78 is 0. The first-order chi connectivity index (χ1) is 9.00. The van der Waals surface area contributed by atoms with Crippen molar-refractivity contribution in [1.29, 1.82) is 0 Å². The zero-order chi connectivity index (χ0) is 14.0.